The number of rotatable bonds is 9. The van der Waals surface area contributed by atoms with Crippen LogP contribution in [0.15, 0.2) is 188 Å². The van der Waals surface area contributed by atoms with Crippen LogP contribution < -0.4 is 9.30 Å². The van der Waals surface area contributed by atoms with Crippen molar-refractivity contribution in [2.24, 2.45) is 5.92 Å². The SMILES string of the molecule is [2H]c1c([2H])c([2H])c(-c2cccc(-c3c([2H])c([2H])c([2H])c([2H])c3[2H])c2-[n+]2[c-]n(-c3cccc(Oc4cc5c(c([2H])c4[2H])c4c([2H])c([2H])c([2H])c([2H])c4n5-c4cc(C([2H])([2H])C(C)C)ccn4)c3)c3ccccc32)c([2H])c1[2H]. The summed E-state index contributed by atoms with van der Waals surface area (Å²) in [7, 11) is 0. The Balaban J connectivity index is 1.18. The van der Waals surface area contributed by atoms with E-state index in [1.165, 1.54) is 51.7 Å². The van der Waals surface area contributed by atoms with Gasteiger partial charge in [-0.3, -0.25) is 13.7 Å². The van der Waals surface area contributed by atoms with Gasteiger partial charge in [-0.15, -0.1) is 0 Å². The van der Waals surface area contributed by atoms with E-state index in [2.05, 4.69) is 11.3 Å². The van der Waals surface area contributed by atoms with E-state index in [1.807, 2.05) is 0 Å². The molecule has 3 heterocycles. The maximum absolute atomic E-state index is 9.34. The molecule has 10 rings (SSSR count). The van der Waals surface area contributed by atoms with E-state index >= 15 is 0 Å². The van der Waals surface area contributed by atoms with Gasteiger partial charge in [0.05, 0.1) is 55.4 Å². The molecule has 3 aromatic heterocycles. The molecule has 0 spiro atoms. The van der Waals surface area contributed by atoms with Crippen LogP contribution in [0.1, 0.15) is 44.1 Å². The second-order valence-corrected chi connectivity index (χ2v) is 13.3. The van der Waals surface area contributed by atoms with E-state index in [4.69, 9.17) is 26.7 Å². The van der Waals surface area contributed by atoms with Crippen molar-refractivity contribution in [1.29, 1.82) is 0 Å². The summed E-state index contributed by atoms with van der Waals surface area (Å²) < 4.78 is 169. The van der Waals surface area contributed by atoms with Gasteiger partial charge < -0.3 is 4.74 Å². The van der Waals surface area contributed by atoms with Crippen molar-refractivity contribution in [2.45, 2.75) is 20.2 Å². The molecule has 57 heavy (non-hydrogen) atoms. The molecule has 0 amide bonds. The van der Waals surface area contributed by atoms with Crippen LogP contribution in [0.3, 0.4) is 0 Å². The summed E-state index contributed by atoms with van der Waals surface area (Å²) in [4.78, 5) is 4.52. The Labute approximate surface area is 357 Å². The van der Waals surface area contributed by atoms with Gasteiger partial charge in [0.25, 0.3) is 6.33 Å². The van der Waals surface area contributed by atoms with Gasteiger partial charge in [-0.2, -0.15) is 0 Å². The number of aromatic nitrogens is 4. The number of benzene rings is 7. The molecular weight excluding hydrogens is 697 g/mol. The normalized spacial score (nSPS) is 16.3. The van der Waals surface area contributed by atoms with E-state index in [9.17, 15) is 2.74 Å². The monoisotopic (exact) mass is 754 g/mol. The van der Waals surface area contributed by atoms with Crippen LogP contribution in [0.4, 0.5) is 0 Å². The highest BCUT2D eigenvalue weighted by Gasteiger charge is 2.20. The molecule has 0 aliphatic carbocycles. The van der Waals surface area contributed by atoms with E-state index in [1.54, 1.807) is 66.9 Å². The quantitative estimate of drug-likeness (QED) is 0.109. The van der Waals surface area contributed by atoms with Crippen molar-refractivity contribution < 1.29 is 34.0 Å². The number of pyridine rings is 1. The number of ether oxygens (including phenoxy) is 1. The van der Waals surface area contributed by atoms with Crippen LogP contribution in [0.25, 0.3) is 72.3 Å². The van der Waals surface area contributed by atoms with Gasteiger partial charge in [0.1, 0.15) is 17.3 Å². The van der Waals surface area contributed by atoms with Crippen molar-refractivity contribution in [2.75, 3.05) is 0 Å². The number of fused-ring (bicyclic) bond motifs is 4. The first-order chi connectivity index (χ1) is 35.5. The summed E-state index contributed by atoms with van der Waals surface area (Å²) in [6, 6.07) is 13.8. The molecule has 0 N–H and O–H groups in total. The second-order valence-electron chi connectivity index (χ2n) is 13.3. The third-order valence-electron chi connectivity index (χ3n) is 9.31. The lowest BCUT2D eigenvalue weighted by atomic mass is 9.95. The smallest absolute Gasteiger partial charge is 0.269 e. The number of hydrogen-bond acceptors (Lipinski definition) is 2. The Morgan fingerprint density at radius 3 is 2.14 bits per heavy atom. The zero-order valence-electron chi connectivity index (χ0n) is 48.4. The first-order valence-corrected chi connectivity index (χ1v) is 18.0. The summed E-state index contributed by atoms with van der Waals surface area (Å²) >= 11 is 0. The lowest BCUT2D eigenvalue weighted by Gasteiger charge is -2.17. The molecule has 0 unspecified atom stereocenters. The molecule has 0 bridgehead atoms. The minimum atomic E-state index is -1.83. The molecule has 0 fully saturated rings. The predicted octanol–water partition coefficient (Wildman–Crippen LogP) is 12.5. The standard InChI is InChI=1S/C52H40N4O/c1-36(2)31-37-29-30-53-51(32-37)56-47-24-10-9-21-45(47)46-28-27-42(34-50(46)56)57-41-20-13-19-40(33-41)54-35-55(49-26-12-11-25-48(49)54)52-43(38-15-5-3-6-16-38)22-14-23-44(52)39-17-7-4-8-18-39/h3-30,32-34,36H,31H2,1-2H3/i3D,4D,5D,6D,7D,8D,9D,10D,15D,16D,17D,18D,21D,24D,27D,28D,31D2. The van der Waals surface area contributed by atoms with Crippen LogP contribution in [-0.2, 0) is 6.37 Å². The molecular formula is C52H40N4O. The van der Waals surface area contributed by atoms with Gasteiger partial charge in [-0.05, 0) is 88.6 Å². The van der Waals surface area contributed by atoms with E-state index in [0.717, 1.165) is 0 Å². The van der Waals surface area contributed by atoms with Crippen LogP contribution >= 0.6 is 0 Å². The lowest BCUT2D eigenvalue weighted by Crippen LogP contribution is -2.31. The van der Waals surface area contributed by atoms with Crippen molar-refractivity contribution in [3.8, 4) is 50.9 Å². The number of para-hydroxylation sites is 4. The first kappa shape index (κ1) is 20.1. The molecule has 10 aromatic rings. The topological polar surface area (TPSA) is 35.9 Å². The summed E-state index contributed by atoms with van der Waals surface area (Å²) in [5.41, 5.74) is 1.45. The highest BCUT2D eigenvalue weighted by Crippen LogP contribution is 2.37. The number of hydrogen-bond donors (Lipinski definition) is 0. The average molecular weight is 755 g/mol. The highest BCUT2D eigenvalue weighted by molar-refractivity contribution is 6.09. The largest absolute Gasteiger partial charge is 0.458 e. The van der Waals surface area contributed by atoms with Crippen LogP contribution in [0, 0.1) is 12.2 Å². The van der Waals surface area contributed by atoms with Gasteiger partial charge in [0.15, 0.2) is 0 Å². The molecule has 7 aromatic carbocycles. The minimum absolute atomic E-state index is 0.0204. The molecule has 5 nitrogen and oxygen atoms in total. The third-order valence-corrected chi connectivity index (χ3v) is 9.31. The molecule has 0 radical (unpaired) electrons. The third kappa shape index (κ3) is 6.33. The Morgan fingerprint density at radius 1 is 0.667 bits per heavy atom. The van der Waals surface area contributed by atoms with Gasteiger partial charge >= 0.3 is 0 Å². The van der Waals surface area contributed by atoms with Gasteiger partial charge in [-0.25, -0.2) is 4.98 Å². The second kappa shape index (κ2) is 14.4. The molecule has 5 heteroatoms. The zero-order chi connectivity index (χ0) is 54.0. The minimum Gasteiger partial charge on any atom is -0.458 e. The molecule has 0 aliphatic rings. The first-order valence-electron chi connectivity index (χ1n) is 27.0. The summed E-state index contributed by atoms with van der Waals surface area (Å²) in [5, 5.41) is -0.0136. The molecule has 0 saturated carbocycles. The average Bonchev–Trinajstić information content (AvgIpc) is 3.97. The molecule has 0 atom stereocenters. The van der Waals surface area contributed by atoms with Crippen molar-refractivity contribution in [3.05, 3.63) is 200 Å². The van der Waals surface area contributed by atoms with Gasteiger partial charge in [0.2, 0.25) is 0 Å². The van der Waals surface area contributed by atoms with Gasteiger partial charge in [-0.1, -0.05) is 141 Å². The summed E-state index contributed by atoms with van der Waals surface area (Å²) in [6.45, 7) is 3.45. The van der Waals surface area contributed by atoms with E-state index in [0.29, 0.717) is 16.7 Å². The molecule has 274 valence electrons. The maximum Gasteiger partial charge on any atom is 0.269 e. The zero-order valence-corrected chi connectivity index (χ0v) is 30.4. The van der Waals surface area contributed by atoms with Gasteiger partial charge in [0, 0.05) is 25.8 Å². The maximum atomic E-state index is 9.34. The van der Waals surface area contributed by atoms with Crippen molar-refractivity contribution in [3.63, 3.8) is 0 Å². The summed E-state index contributed by atoms with van der Waals surface area (Å²) in [6.07, 6.45) is 2.89. The fourth-order valence-corrected chi connectivity index (χ4v) is 7.01. The molecule has 0 aliphatic heterocycles. The van der Waals surface area contributed by atoms with E-state index < -0.39 is 109 Å². The number of imidazole rings is 1. The Morgan fingerprint density at radius 2 is 1.37 bits per heavy atom. The number of nitrogens with zero attached hydrogens (tertiary/aromatic N) is 4. The highest BCUT2D eigenvalue weighted by atomic mass is 16.5. The van der Waals surface area contributed by atoms with E-state index in [-0.39, 0.29) is 72.6 Å². The van der Waals surface area contributed by atoms with Crippen LogP contribution in [-0.4, -0.2) is 14.1 Å². The Kier molecular flexibility index (Phi) is 5.09. The Bertz CT molecular complexity index is 3950. The molecule has 0 saturated heterocycles. The summed E-state index contributed by atoms with van der Waals surface area (Å²) in [5.74, 6) is -0.365. The van der Waals surface area contributed by atoms with Crippen molar-refractivity contribution in [1.82, 2.24) is 14.1 Å². The lowest BCUT2D eigenvalue weighted by molar-refractivity contribution is -0.571. The van der Waals surface area contributed by atoms with Crippen LogP contribution in [0.5, 0.6) is 11.5 Å². The van der Waals surface area contributed by atoms with Crippen LogP contribution in [0.2, 0.25) is 0 Å². The predicted molar refractivity (Wildman–Crippen MR) is 232 cm³/mol. The van der Waals surface area contributed by atoms with Crippen molar-refractivity contribution >= 4 is 32.8 Å². The Hall–Kier alpha value is -7.24. The fourth-order valence-electron chi connectivity index (χ4n) is 7.01. The fraction of sp³-hybridized carbons (Fsp3) is 0.0769.